The second-order valence-corrected chi connectivity index (χ2v) is 14.6. The van der Waals surface area contributed by atoms with Crippen LogP contribution in [0.4, 0.5) is 0 Å². The first-order valence-electron chi connectivity index (χ1n) is 20.9. The Labute approximate surface area is 373 Å². The van der Waals surface area contributed by atoms with Crippen molar-refractivity contribution in [1.82, 2.24) is 0 Å². The Balaban J connectivity index is 1.27. The molecule has 64 heavy (non-hydrogen) atoms. The highest BCUT2D eigenvalue weighted by atomic mass is 16.6. The average Bonchev–Trinajstić information content (AvgIpc) is 3.31. The topological polar surface area (TPSA) is 193 Å². The van der Waals surface area contributed by atoms with Gasteiger partial charge in [0.25, 0.3) is 0 Å². The van der Waals surface area contributed by atoms with Gasteiger partial charge in [0.1, 0.15) is 37.1 Å². The lowest BCUT2D eigenvalue weighted by Crippen LogP contribution is -2.39. The highest BCUT2D eigenvalue weighted by Crippen LogP contribution is 2.28. The second-order valence-electron chi connectivity index (χ2n) is 14.6. The molecule has 0 unspecified atom stereocenters. The molecule has 15 nitrogen and oxygen atoms in total. The summed E-state index contributed by atoms with van der Waals surface area (Å²) >= 11 is 0. The first-order valence-corrected chi connectivity index (χ1v) is 20.9. The molecule has 0 radical (unpaired) electrons. The smallest absolute Gasteiger partial charge is 0.343 e. The molecule has 0 aromatic heterocycles. The number of hydrogen-bond acceptors (Lipinski definition) is 15. The molecule has 3 aromatic rings. The van der Waals surface area contributed by atoms with Crippen LogP contribution in [0.5, 0.6) is 17.2 Å². The van der Waals surface area contributed by atoms with Crippen molar-refractivity contribution in [3.63, 3.8) is 0 Å². The van der Waals surface area contributed by atoms with Crippen molar-refractivity contribution in [3.05, 3.63) is 127 Å². The molecule has 3 rings (SSSR count). The van der Waals surface area contributed by atoms with Gasteiger partial charge in [-0.15, -0.1) is 0 Å². The predicted octanol–water partition coefficient (Wildman–Crippen LogP) is 7.97. The Bertz CT molecular complexity index is 1990. The molecular formula is C49H56O15. The maximum Gasteiger partial charge on any atom is 0.343 e. The largest absolute Gasteiger partial charge is 0.494 e. The third-order valence-corrected chi connectivity index (χ3v) is 9.40. The first kappa shape index (κ1) is 51.3. The molecule has 0 amide bonds. The Morgan fingerprint density at radius 3 is 1.39 bits per heavy atom. The van der Waals surface area contributed by atoms with Crippen molar-refractivity contribution >= 4 is 41.8 Å². The third kappa shape index (κ3) is 20.2. The summed E-state index contributed by atoms with van der Waals surface area (Å²) in [5.41, 5.74) is 0.615. The molecule has 0 aliphatic rings. The van der Waals surface area contributed by atoms with Crippen LogP contribution < -0.4 is 14.2 Å². The molecule has 0 heterocycles. The fourth-order valence-electron chi connectivity index (χ4n) is 5.74. The lowest BCUT2D eigenvalue weighted by molar-refractivity contribution is -0.161. The molecule has 0 saturated heterocycles. The number of unbranched alkanes of at least 4 members (excludes halogenated alkanes) is 5. The van der Waals surface area contributed by atoms with E-state index in [1.165, 1.54) is 0 Å². The summed E-state index contributed by atoms with van der Waals surface area (Å²) in [5, 5.41) is 0. The lowest BCUT2D eigenvalue weighted by atomic mass is 9.85. The Hall–Kier alpha value is -7.03. The normalized spacial score (nSPS) is 10.6. The van der Waals surface area contributed by atoms with E-state index in [4.69, 9.17) is 37.9 Å². The molecule has 0 spiro atoms. The summed E-state index contributed by atoms with van der Waals surface area (Å²) in [7, 11) is 0. The fourth-order valence-corrected chi connectivity index (χ4v) is 5.74. The summed E-state index contributed by atoms with van der Waals surface area (Å²) < 4.78 is 42.8. The van der Waals surface area contributed by atoms with Gasteiger partial charge in [0, 0.05) is 18.2 Å². The lowest BCUT2D eigenvalue weighted by Gasteiger charge is -2.32. The van der Waals surface area contributed by atoms with Gasteiger partial charge in [0.2, 0.25) is 0 Å². The summed E-state index contributed by atoms with van der Waals surface area (Å²) in [6.45, 7) is 11.7. The summed E-state index contributed by atoms with van der Waals surface area (Å²) in [6.07, 6.45) is 8.01. The van der Waals surface area contributed by atoms with Gasteiger partial charge in [0.05, 0.1) is 49.2 Å². The molecule has 3 aromatic carbocycles. The summed E-state index contributed by atoms with van der Waals surface area (Å²) in [5.74, 6) is -3.18. The summed E-state index contributed by atoms with van der Waals surface area (Å²) in [6, 6.07) is 19.9. The van der Waals surface area contributed by atoms with Crippen molar-refractivity contribution < 1.29 is 71.5 Å². The van der Waals surface area contributed by atoms with E-state index in [-0.39, 0.29) is 58.7 Å². The van der Waals surface area contributed by atoms with Crippen LogP contribution in [-0.2, 0) is 47.7 Å². The molecule has 342 valence electrons. The first-order chi connectivity index (χ1) is 30.8. The molecule has 0 bridgehead atoms. The maximum atomic E-state index is 12.7. The molecule has 0 N–H and O–H groups in total. The highest BCUT2D eigenvalue weighted by Gasteiger charge is 2.35. The number of carbonyl (C=O) groups is 7. The van der Waals surface area contributed by atoms with Gasteiger partial charge in [0.15, 0.2) is 0 Å². The van der Waals surface area contributed by atoms with Crippen LogP contribution in [0.2, 0.25) is 0 Å². The van der Waals surface area contributed by atoms with Gasteiger partial charge in [-0.05, 0) is 93.3 Å². The minimum Gasteiger partial charge on any atom is -0.494 e. The van der Waals surface area contributed by atoms with Crippen LogP contribution in [0, 0.1) is 12.3 Å². The number of aryl methyl sites for hydroxylation is 1. The van der Waals surface area contributed by atoms with Crippen molar-refractivity contribution in [2.24, 2.45) is 5.41 Å². The average molecular weight is 885 g/mol. The SMILES string of the molecule is C=CC(=O)OCCCC(COC(=O)C=C)(COC(=O)C=C)COC(=O)CCC(=O)OCCCCCCCCOc1ccc(C(=O)Oc2ccc(OC(=O)c3ccc(C)cc3)cc2)cc1. The van der Waals surface area contributed by atoms with Crippen molar-refractivity contribution in [2.45, 2.75) is 71.1 Å². The quantitative estimate of drug-likeness (QED) is 0.0206. The number of esters is 7. The zero-order valence-electron chi connectivity index (χ0n) is 36.2. The van der Waals surface area contributed by atoms with Crippen LogP contribution in [-0.4, -0.2) is 81.4 Å². The zero-order chi connectivity index (χ0) is 46.6. The second kappa shape index (κ2) is 28.5. The van der Waals surface area contributed by atoms with Gasteiger partial charge in [-0.1, -0.05) is 63.1 Å². The number of rotatable bonds is 30. The monoisotopic (exact) mass is 884 g/mol. The van der Waals surface area contributed by atoms with Gasteiger partial charge < -0.3 is 37.9 Å². The van der Waals surface area contributed by atoms with Crippen LogP contribution in [0.1, 0.15) is 90.5 Å². The van der Waals surface area contributed by atoms with Crippen LogP contribution in [0.15, 0.2) is 111 Å². The van der Waals surface area contributed by atoms with E-state index in [2.05, 4.69) is 19.7 Å². The Kier molecular flexibility index (Phi) is 22.9. The van der Waals surface area contributed by atoms with E-state index >= 15 is 0 Å². The fraction of sp³-hybridized carbons (Fsp3) is 0.367. The molecule has 0 aliphatic heterocycles. The third-order valence-electron chi connectivity index (χ3n) is 9.40. The predicted molar refractivity (Wildman–Crippen MR) is 233 cm³/mol. The van der Waals surface area contributed by atoms with E-state index in [0.717, 1.165) is 55.9 Å². The van der Waals surface area contributed by atoms with Crippen molar-refractivity contribution in [3.8, 4) is 17.2 Å². The van der Waals surface area contributed by atoms with E-state index in [1.54, 1.807) is 60.7 Å². The Morgan fingerprint density at radius 2 is 0.875 bits per heavy atom. The number of benzene rings is 3. The minimum atomic E-state index is -1.20. The number of ether oxygens (including phenoxy) is 8. The molecular weight excluding hydrogens is 829 g/mol. The number of carbonyl (C=O) groups excluding carboxylic acids is 7. The van der Waals surface area contributed by atoms with E-state index in [1.807, 2.05) is 19.1 Å². The standard InChI is InChI=1S/C49H56O15/c1-5-42(50)58-32-14-29-49(33-60-43(51)6-2,34-61-44(52)7-3)35-62-46(54)28-27-45(53)59-31-13-11-9-8-10-12-30-57-39-21-19-38(20-22-39)48(56)64-41-25-23-40(24-26-41)63-47(55)37-17-15-36(4)16-18-37/h5-7,15-26H,1-3,8-14,27-35H2,4H3. The van der Waals surface area contributed by atoms with Crippen LogP contribution in [0.25, 0.3) is 0 Å². The van der Waals surface area contributed by atoms with Crippen LogP contribution in [0.3, 0.4) is 0 Å². The van der Waals surface area contributed by atoms with Gasteiger partial charge >= 0.3 is 41.8 Å². The Morgan fingerprint density at radius 1 is 0.469 bits per heavy atom. The van der Waals surface area contributed by atoms with Crippen molar-refractivity contribution in [2.75, 3.05) is 39.6 Å². The minimum absolute atomic E-state index is 0.0224. The van der Waals surface area contributed by atoms with E-state index in [0.29, 0.717) is 41.4 Å². The zero-order valence-corrected chi connectivity index (χ0v) is 36.2. The van der Waals surface area contributed by atoms with Crippen LogP contribution >= 0.6 is 0 Å². The van der Waals surface area contributed by atoms with E-state index in [9.17, 15) is 33.6 Å². The van der Waals surface area contributed by atoms with Gasteiger partial charge in [-0.3, -0.25) is 9.59 Å². The van der Waals surface area contributed by atoms with Gasteiger partial charge in [-0.25, -0.2) is 24.0 Å². The number of hydrogen-bond donors (Lipinski definition) is 0. The molecule has 15 heteroatoms. The maximum absolute atomic E-state index is 12.7. The van der Waals surface area contributed by atoms with Crippen molar-refractivity contribution in [1.29, 1.82) is 0 Å². The van der Waals surface area contributed by atoms with E-state index < -0.39 is 47.2 Å². The molecule has 0 fully saturated rings. The summed E-state index contributed by atoms with van der Waals surface area (Å²) in [4.78, 5) is 85.1. The molecule has 0 aliphatic carbocycles. The molecule has 0 saturated carbocycles. The highest BCUT2D eigenvalue weighted by molar-refractivity contribution is 5.92. The van der Waals surface area contributed by atoms with Gasteiger partial charge in [-0.2, -0.15) is 0 Å². The molecule has 0 atom stereocenters.